The summed E-state index contributed by atoms with van der Waals surface area (Å²) < 4.78 is 7.62. The minimum absolute atomic E-state index is 0.0782. The summed E-state index contributed by atoms with van der Waals surface area (Å²) in [5, 5.41) is 37.4. The number of nitrogens with zero attached hydrogens (tertiary/aromatic N) is 6. The Kier molecular flexibility index (Phi) is 6.79. The van der Waals surface area contributed by atoms with E-state index in [1.54, 1.807) is 6.07 Å². The van der Waals surface area contributed by atoms with Gasteiger partial charge < -0.3 is 15.4 Å². The Hall–Kier alpha value is -4.18. The molecule has 2 unspecified atom stereocenters. The van der Waals surface area contributed by atoms with E-state index in [0.29, 0.717) is 57.7 Å². The summed E-state index contributed by atoms with van der Waals surface area (Å²) in [6.45, 7) is 5.56. The molecule has 6 rings (SSSR count). The second-order valence-electron chi connectivity index (χ2n) is 11.2. The van der Waals surface area contributed by atoms with Crippen molar-refractivity contribution in [3.63, 3.8) is 0 Å². The fraction of sp³-hybridized carbons (Fsp3) is 0.367. The Morgan fingerprint density at radius 3 is 2.65 bits per heavy atom. The third kappa shape index (κ3) is 4.95. The molecule has 2 aromatic heterocycles. The lowest BCUT2D eigenvalue weighted by molar-refractivity contribution is 0.00350. The summed E-state index contributed by atoms with van der Waals surface area (Å²) >= 11 is 6.66. The van der Waals surface area contributed by atoms with Crippen LogP contribution in [0.2, 0.25) is 5.02 Å². The number of hydrogen-bond donors (Lipinski definition) is 2. The first-order chi connectivity index (χ1) is 19.4. The van der Waals surface area contributed by atoms with Crippen molar-refractivity contribution >= 4 is 33.9 Å². The fourth-order valence-corrected chi connectivity index (χ4v) is 5.55. The first kappa shape index (κ1) is 26.1. The monoisotopic (exact) mass is 552 g/mol. The number of anilines is 2. The molecule has 2 aliphatic rings. The molecule has 10 heteroatoms. The van der Waals surface area contributed by atoms with Crippen molar-refractivity contribution in [3.05, 3.63) is 76.2 Å². The van der Waals surface area contributed by atoms with E-state index in [9.17, 15) is 10.5 Å². The van der Waals surface area contributed by atoms with Gasteiger partial charge in [-0.15, -0.1) is 5.10 Å². The fourth-order valence-electron chi connectivity index (χ4n) is 5.31. The topological polar surface area (TPSA) is 124 Å². The van der Waals surface area contributed by atoms with Crippen LogP contribution >= 0.6 is 11.6 Å². The van der Waals surface area contributed by atoms with Gasteiger partial charge in [-0.2, -0.15) is 10.5 Å². The smallest absolute Gasteiger partial charge is 0.110 e. The van der Waals surface area contributed by atoms with Crippen LogP contribution in [0.15, 0.2) is 48.8 Å². The van der Waals surface area contributed by atoms with Crippen LogP contribution in [-0.4, -0.2) is 39.2 Å². The number of rotatable bonds is 7. The molecular weight excluding hydrogens is 524 g/mol. The lowest BCUT2D eigenvalue weighted by Gasteiger charge is -2.39. The van der Waals surface area contributed by atoms with Gasteiger partial charge in [-0.05, 0) is 43.0 Å². The van der Waals surface area contributed by atoms with E-state index in [2.05, 4.69) is 51.9 Å². The molecule has 4 aromatic rings. The zero-order valence-corrected chi connectivity index (χ0v) is 23.1. The third-order valence-corrected chi connectivity index (χ3v) is 8.12. The number of hydrogen-bond acceptors (Lipinski definition) is 8. The first-order valence-corrected chi connectivity index (χ1v) is 13.8. The van der Waals surface area contributed by atoms with E-state index < -0.39 is 6.04 Å². The van der Waals surface area contributed by atoms with Gasteiger partial charge in [-0.25, -0.2) is 4.68 Å². The molecule has 3 heterocycles. The molecule has 1 aliphatic carbocycles. The lowest BCUT2D eigenvalue weighted by Crippen LogP contribution is -2.44. The van der Waals surface area contributed by atoms with E-state index in [0.717, 1.165) is 30.5 Å². The van der Waals surface area contributed by atoms with E-state index >= 15 is 0 Å². The number of nitrogens with one attached hydrogen (secondary N) is 2. The van der Waals surface area contributed by atoms with E-state index in [1.165, 1.54) is 6.20 Å². The molecule has 0 amide bonds. The standard InChI is InChI=1S/C30H29ClN8O/c1-30(2)17-40-10-9-26(30)36-28-19(14-33)15-34-27-18(13-32)11-20(12-23(27)28)35-29(22-5-3-4-6-24(22)31)25-16-39(38-37-25)21-7-8-21/h3-6,11-12,15-16,21,26,29,35H,7-10,17H2,1-2H3,(H,34,36). The predicted octanol–water partition coefficient (Wildman–Crippen LogP) is 5.99. The maximum Gasteiger partial charge on any atom is 0.110 e. The third-order valence-electron chi connectivity index (χ3n) is 7.77. The summed E-state index contributed by atoms with van der Waals surface area (Å²) in [5.74, 6) is 0. The Morgan fingerprint density at radius 2 is 1.93 bits per heavy atom. The maximum absolute atomic E-state index is 10.1. The molecule has 2 atom stereocenters. The highest BCUT2D eigenvalue weighted by atomic mass is 35.5. The minimum Gasteiger partial charge on any atom is -0.381 e. The van der Waals surface area contributed by atoms with Crippen molar-refractivity contribution < 1.29 is 4.74 Å². The summed E-state index contributed by atoms with van der Waals surface area (Å²) in [4.78, 5) is 4.51. The van der Waals surface area contributed by atoms with Crippen LogP contribution in [0.5, 0.6) is 0 Å². The maximum atomic E-state index is 10.1. The molecule has 202 valence electrons. The van der Waals surface area contributed by atoms with Gasteiger partial charge in [-0.3, -0.25) is 4.98 Å². The minimum atomic E-state index is -0.414. The SMILES string of the molecule is CC1(C)COCCC1Nc1c(C#N)cnc2c(C#N)cc(NC(c3cn(C4CC4)nn3)c3ccccc3Cl)cc12. The molecule has 0 spiro atoms. The van der Waals surface area contributed by atoms with Crippen LogP contribution in [-0.2, 0) is 4.74 Å². The van der Waals surface area contributed by atoms with Gasteiger partial charge in [-0.1, -0.05) is 48.9 Å². The predicted molar refractivity (Wildman–Crippen MR) is 153 cm³/mol. The van der Waals surface area contributed by atoms with Gasteiger partial charge in [0.25, 0.3) is 0 Å². The highest BCUT2D eigenvalue weighted by Crippen LogP contribution is 2.39. The second kappa shape index (κ2) is 10.4. The Labute approximate surface area is 237 Å². The largest absolute Gasteiger partial charge is 0.381 e. The molecule has 40 heavy (non-hydrogen) atoms. The molecule has 0 bridgehead atoms. The van der Waals surface area contributed by atoms with Gasteiger partial charge >= 0.3 is 0 Å². The summed E-state index contributed by atoms with van der Waals surface area (Å²) in [7, 11) is 0. The molecule has 2 fully saturated rings. The van der Waals surface area contributed by atoms with Crippen molar-refractivity contribution in [3.8, 4) is 12.1 Å². The molecule has 0 radical (unpaired) electrons. The number of aromatic nitrogens is 4. The van der Waals surface area contributed by atoms with Crippen LogP contribution in [0.3, 0.4) is 0 Å². The summed E-state index contributed by atoms with van der Waals surface area (Å²) in [6, 6.07) is 16.0. The summed E-state index contributed by atoms with van der Waals surface area (Å²) in [5.41, 5.74) is 4.14. The van der Waals surface area contributed by atoms with Crippen molar-refractivity contribution in [2.45, 2.75) is 51.2 Å². The van der Waals surface area contributed by atoms with Gasteiger partial charge in [0.2, 0.25) is 0 Å². The van der Waals surface area contributed by atoms with E-state index in [4.69, 9.17) is 16.3 Å². The van der Waals surface area contributed by atoms with Crippen molar-refractivity contribution in [2.24, 2.45) is 5.41 Å². The Balaban J connectivity index is 1.46. The molecule has 1 saturated carbocycles. The normalized spacial score (nSPS) is 19.0. The number of ether oxygens (including phenoxy) is 1. The van der Waals surface area contributed by atoms with Gasteiger partial charge in [0.05, 0.1) is 47.2 Å². The van der Waals surface area contributed by atoms with Crippen LogP contribution in [0.1, 0.15) is 67.6 Å². The Bertz CT molecular complexity index is 1660. The number of halogens is 1. The van der Waals surface area contributed by atoms with E-state index in [1.807, 2.05) is 41.2 Å². The number of pyridine rings is 1. The van der Waals surface area contributed by atoms with Crippen LogP contribution in [0, 0.1) is 28.1 Å². The van der Waals surface area contributed by atoms with Crippen LogP contribution < -0.4 is 10.6 Å². The van der Waals surface area contributed by atoms with Crippen LogP contribution in [0.25, 0.3) is 10.9 Å². The zero-order valence-electron chi connectivity index (χ0n) is 22.4. The second-order valence-corrected chi connectivity index (χ2v) is 11.6. The van der Waals surface area contributed by atoms with Gasteiger partial charge in [0.1, 0.15) is 17.8 Å². The van der Waals surface area contributed by atoms with Crippen molar-refractivity contribution in [2.75, 3.05) is 23.8 Å². The van der Waals surface area contributed by atoms with Crippen molar-refractivity contribution in [1.29, 1.82) is 10.5 Å². The number of benzene rings is 2. The molecule has 1 saturated heterocycles. The first-order valence-electron chi connectivity index (χ1n) is 13.4. The average molecular weight is 553 g/mol. The molecule has 2 N–H and O–H groups in total. The van der Waals surface area contributed by atoms with Crippen molar-refractivity contribution in [1.82, 2.24) is 20.0 Å². The zero-order chi connectivity index (χ0) is 27.9. The lowest BCUT2D eigenvalue weighted by atomic mass is 9.81. The van der Waals surface area contributed by atoms with Crippen LogP contribution in [0.4, 0.5) is 11.4 Å². The van der Waals surface area contributed by atoms with Gasteiger partial charge in [0, 0.05) is 40.4 Å². The highest BCUT2D eigenvalue weighted by Gasteiger charge is 2.34. The number of fused-ring (bicyclic) bond motifs is 1. The average Bonchev–Trinajstić information content (AvgIpc) is 3.69. The molecule has 1 aliphatic heterocycles. The number of nitriles is 2. The van der Waals surface area contributed by atoms with E-state index in [-0.39, 0.29) is 11.5 Å². The highest BCUT2D eigenvalue weighted by molar-refractivity contribution is 6.31. The van der Waals surface area contributed by atoms with Gasteiger partial charge in [0.15, 0.2) is 0 Å². The molecule has 9 nitrogen and oxygen atoms in total. The quantitative estimate of drug-likeness (QED) is 0.286. The Morgan fingerprint density at radius 1 is 1.12 bits per heavy atom. The molecular formula is C30H29ClN8O. The molecule has 2 aromatic carbocycles. The summed E-state index contributed by atoms with van der Waals surface area (Å²) in [6.07, 6.45) is 6.48.